The van der Waals surface area contributed by atoms with E-state index >= 15 is 0 Å². The van der Waals surface area contributed by atoms with Crippen LogP contribution < -0.4 is 0 Å². The van der Waals surface area contributed by atoms with Crippen molar-refractivity contribution in [3.05, 3.63) is 76.6 Å². The van der Waals surface area contributed by atoms with Gasteiger partial charge in [-0.2, -0.15) is 0 Å². The standard InChI is InChI=1S/C22H23F/c1-3-5-6-8-18-9-11-19(12-10-18)13-15-21-16-14-20(7-4-2)17-22(21)23/h6,8-12,14,16-17H,3-5,7H2,1-2H3/b8-6+. The summed E-state index contributed by atoms with van der Waals surface area (Å²) in [5.74, 6) is 5.73. The maximum atomic E-state index is 14.0. The quantitative estimate of drug-likeness (QED) is 0.595. The predicted octanol–water partition coefficient (Wildman–Crippen LogP) is 5.99. The fourth-order valence-corrected chi connectivity index (χ4v) is 2.31. The second-order valence-corrected chi connectivity index (χ2v) is 5.63. The van der Waals surface area contributed by atoms with Crippen LogP contribution in [-0.2, 0) is 6.42 Å². The molecule has 2 aromatic rings. The molecule has 0 N–H and O–H groups in total. The topological polar surface area (TPSA) is 0 Å². The lowest BCUT2D eigenvalue weighted by atomic mass is 10.1. The first-order chi connectivity index (χ1) is 11.2. The molecule has 2 aromatic carbocycles. The second kappa shape index (κ2) is 8.96. The minimum absolute atomic E-state index is 0.234. The van der Waals surface area contributed by atoms with Crippen LogP contribution >= 0.6 is 0 Å². The molecular formula is C22H23F. The van der Waals surface area contributed by atoms with Crippen molar-refractivity contribution in [2.45, 2.75) is 39.5 Å². The van der Waals surface area contributed by atoms with Crippen molar-refractivity contribution in [3.8, 4) is 11.8 Å². The van der Waals surface area contributed by atoms with Crippen LogP contribution in [-0.4, -0.2) is 0 Å². The van der Waals surface area contributed by atoms with Crippen LogP contribution in [0, 0.1) is 17.7 Å². The number of hydrogen-bond acceptors (Lipinski definition) is 0. The summed E-state index contributed by atoms with van der Waals surface area (Å²) >= 11 is 0. The molecule has 2 rings (SSSR count). The number of hydrogen-bond donors (Lipinski definition) is 0. The number of benzene rings is 2. The highest BCUT2D eigenvalue weighted by molar-refractivity contribution is 5.52. The number of allylic oxidation sites excluding steroid dienone is 1. The molecule has 0 aliphatic rings. The van der Waals surface area contributed by atoms with Gasteiger partial charge in [0.2, 0.25) is 0 Å². The van der Waals surface area contributed by atoms with Gasteiger partial charge < -0.3 is 0 Å². The zero-order chi connectivity index (χ0) is 16.5. The van der Waals surface area contributed by atoms with E-state index < -0.39 is 0 Å². The van der Waals surface area contributed by atoms with Gasteiger partial charge in [-0.25, -0.2) is 4.39 Å². The van der Waals surface area contributed by atoms with Crippen LogP contribution in [0.1, 0.15) is 55.4 Å². The SMILES string of the molecule is CCC/C=C/c1ccc(C#Cc2ccc(CCC)cc2F)cc1. The van der Waals surface area contributed by atoms with E-state index in [0.717, 1.165) is 36.8 Å². The molecule has 0 saturated heterocycles. The van der Waals surface area contributed by atoms with E-state index in [1.807, 2.05) is 30.3 Å². The number of rotatable bonds is 5. The molecule has 0 unspecified atom stereocenters. The minimum atomic E-state index is -0.234. The molecule has 1 heteroatoms. The summed E-state index contributed by atoms with van der Waals surface area (Å²) < 4.78 is 14.0. The highest BCUT2D eigenvalue weighted by Crippen LogP contribution is 2.12. The van der Waals surface area contributed by atoms with Crippen molar-refractivity contribution in [2.75, 3.05) is 0 Å². The monoisotopic (exact) mass is 306 g/mol. The Balaban J connectivity index is 2.09. The van der Waals surface area contributed by atoms with Crippen LogP contribution in [0.5, 0.6) is 0 Å². The molecule has 0 nitrogen and oxygen atoms in total. The molecule has 0 heterocycles. The average Bonchev–Trinajstić information content (AvgIpc) is 2.56. The Morgan fingerprint density at radius 3 is 2.39 bits per heavy atom. The average molecular weight is 306 g/mol. The van der Waals surface area contributed by atoms with Gasteiger partial charge in [0.15, 0.2) is 0 Å². The summed E-state index contributed by atoms with van der Waals surface area (Å²) in [6.45, 7) is 4.25. The van der Waals surface area contributed by atoms with Crippen molar-refractivity contribution in [3.63, 3.8) is 0 Å². The second-order valence-electron chi connectivity index (χ2n) is 5.63. The smallest absolute Gasteiger partial charge is 0.139 e. The van der Waals surface area contributed by atoms with Crippen LogP contribution in [0.4, 0.5) is 4.39 Å². The van der Waals surface area contributed by atoms with Gasteiger partial charge in [-0.1, -0.05) is 68.9 Å². The van der Waals surface area contributed by atoms with Crippen LogP contribution in [0.2, 0.25) is 0 Å². The molecule has 0 radical (unpaired) electrons. The first-order valence-corrected chi connectivity index (χ1v) is 8.30. The maximum absolute atomic E-state index is 14.0. The van der Waals surface area contributed by atoms with Gasteiger partial charge in [0.05, 0.1) is 5.56 Å². The molecular weight excluding hydrogens is 283 g/mol. The van der Waals surface area contributed by atoms with E-state index in [9.17, 15) is 4.39 Å². The van der Waals surface area contributed by atoms with E-state index in [2.05, 4.69) is 37.8 Å². The summed E-state index contributed by atoms with van der Waals surface area (Å²) in [6, 6.07) is 13.3. The molecule has 0 aliphatic heterocycles. The summed E-state index contributed by atoms with van der Waals surface area (Å²) in [4.78, 5) is 0. The lowest BCUT2D eigenvalue weighted by Crippen LogP contribution is -1.89. The number of aryl methyl sites for hydroxylation is 1. The van der Waals surface area contributed by atoms with Gasteiger partial charge in [0, 0.05) is 5.56 Å². The zero-order valence-corrected chi connectivity index (χ0v) is 13.9. The van der Waals surface area contributed by atoms with E-state index in [0.29, 0.717) is 5.56 Å². The Morgan fingerprint density at radius 2 is 1.74 bits per heavy atom. The molecule has 0 spiro atoms. The predicted molar refractivity (Wildman–Crippen MR) is 96.8 cm³/mol. The Kier molecular flexibility index (Phi) is 6.63. The van der Waals surface area contributed by atoms with Gasteiger partial charge in [-0.05, 0) is 48.2 Å². The van der Waals surface area contributed by atoms with Crippen molar-refractivity contribution >= 4 is 6.08 Å². The first kappa shape index (κ1) is 17.0. The number of halogens is 1. The van der Waals surface area contributed by atoms with Crippen molar-refractivity contribution in [1.82, 2.24) is 0 Å². The highest BCUT2D eigenvalue weighted by Gasteiger charge is 2.00. The number of unbranched alkanes of at least 4 members (excludes halogenated alkanes) is 1. The van der Waals surface area contributed by atoms with E-state index in [1.54, 1.807) is 12.1 Å². The van der Waals surface area contributed by atoms with Gasteiger partial charge in [-0.3, -0.25) is 0 Å². The summed E-state index contributed by atoms with van der Waals surface area (Å²) in [5.41, 5.74) is 3.55. The third-order valence-corrected chi connectivity index (χ3v) is 3.59. The van der Waals surface area contributed by atoms with Crippen LogP contribution in [0.25, 0.3) is 6.08 Å². The summed E-state index contributed by atoms with van der Waals surface area (Å²) in [7, 11) is 0. The van der Waals surface area contributed by atoms with Crippen molar-refractivity contribution < 1.29 is 4.39 Å². The molecule has 0 amide bonds. The summed E-state index contributed by atoms with van der Waals surface area (Å²) in [5, 5.41) is 0. The maximum Gasteiger partial charge on any atom is 0.139 e. The third-order valence-electron chi connectivity index (χ3n) is 3.59. The fraction of sp³-hybridized carbons (Fsp3) is 0.273. The van der Waals surface area contributed by atoms with Crippen LogP contribution in [0.3, 0.4) is 0 Å². The molecule has 0 fully saturated rings. The molecule has 0 aliphatic carbocycles. The highest BCUT2D eigenvalue weighted by atomic mass is 19.1. The largest absolute Gasteiger partial charge is 0.206 e. The molecule has 0 aromatic heterocycles. The van der Waals surface area contributed by atoms with E-state index in [-0.39, 0.29) is 5.82 Å². The van der Waals surface area contributed by atoms with Gasteiger partial charge >= 0.3 is 0 Å². The van der Waals surface area contributed by atoms with Crippen molar-refractivity contribution in [1.29, 1.82) is 0 Å². The van der Waals surface area contributed by atoms with E-state index in [1.165, 1.54) is 5.56 Å². The Labute approximate surface area is 139 Å². The lowest BCUT2D eigenvalue weighted by molar-refractivity contribution is 0.621. The lowest BCUT2D eigenvalue weighted by Gasteiger charge is -2.00. The Morgan fingerprint density at radius 1 is 0.957 bits per heavy atom. The molecule has 0 saturated carbocycles. The third kappa shape index (κ3) is 5.42. The first-order valence-electron chi connectivity index (χ1n) is 8.30. The molecule has 0 atom stereocenters. The molecule has 118 valence electrons. The normalized spacial score (nSPS) is 10.6. The summed E-state index contributed by atoms with van der Waals surface area (Å²) in [6.07, 6.45) is 8.46. The molecule has 23 heavy (non-hydrogen) atoms. The Bertz CT molecular complexity index is 712. The van der Waals surface area contributed by atoms with Crippen LogP contribution in [0.15, 0.2) is 48.5 Å². The van der Waals surface area contributed by atoms with Gasteiger partial charge in [0.1, 0.15) is 5.82 Å². The Hall–Kier alpha value is -2.33. The minimum Gasteiger partial charge on any atom is -0.206 e. The fourth-order valence-electron chi connectivity index (χ4n) is 2.31. The van der Waals surface area contributed by atoms with E-state index in [4.69, 9.17) is 0 Å². The zero-order valence-electron chi connectivity index (χ0n) is 13.9. The van der Waals surface area contributed by atoms with Gasteiger partial charge in [-0.15, -0.1) is 0 Å². The van der Waals surface area contributed by atoms with Gasteiger partial charge in [0.25, 0.3) is 0 Å². The molecule has 0 bridgehead atoms. The van der Waals surface area contributed by atoms with Crippen molar-refractivity contribution in [2.24, 2.45) is 0 Å².